The third kappa shape index (κ3) is 3.95. The number of amides is 1. The zero-order valence-electron chi connectivity index (χ0n) is 12.3. The molecule has 0 bridgehead atoms. The van der Waals surface area contributed by atoms with E-state index >= 15 is 0 Å². The van der Waals surface area contributed by atoms with Crippen LogP contribution in [0.3, 0.4) is 0 Å². The minimum atomic E-state index is -0.574. The maximum absolute atomic E-state index is 11.6. The molecule has 1 heterocycles. The molecule has 0 radical (unpaired) electrons. The van der Waals surface area contributed by atoms with Crippen LogP contribution in [0.2, 0.25) is 0 Å². The Bertz CT molecular complexity index is 282. The van der Waals surface area contributed by atoms with Crippen molar-refractivity contribution in [3.8, 4) is 0 Å². The van der Waals surface area contributed by atoms with Crippen LogP contribution in [0.1, 0.15) is 47.0 Å². The topological polar surface area (TPSA) is 58.4 Å². The number of carbonyl (C=O) groups is 1. The summed E-state index contributed by atoms with van der Waals surface area (Å²) < 4.78 is 0. The molecule has 1 fully saturated rings. The first-order valence-corrected chi connectivity index (χ1v) is 7.18. The summed E-state index contributed by atoms with van der Waals surface area (Å²) >= 11 is 0. The number of rotatable bonds is 6. The molecule has 3 unspecified atom stereocenters. The lowest BCUT2D eigenvalue weighted by Crippen LogP contribution is -2.55. The molecule has 4 heteroatoms. The molecule has 4 nitrogen and oxygen atoms in total. The fourth-order valence-electron chi connectivity index (χ4n) is 2.75. The maximum Gasteiger partial charge on any atom is 0.237 e. The van der Waals surface area contributed by atoms with Crippen molar-refractivity contribution in [3.63, 3.8) is 0 Å². The number of primary amides is 1. The predicted octanol–water partition coefficient (Wildman–Crippen LogP) is 1.35. The summed E-state index contributed by atoms with van der Waals surface area (Å²) in [4.78, 5) is 14.1. The zero-order chi connectivity index (χ0) is 13.8. The number of nitrogens with two attached hydrogens (primary N) is 1. The fourth-order valence-corrected chi connectivity index (χ4v) is 2.75. The van der Waals surface area contributed by atoms with Crippen molar-refractivity contribution in [1.29, 1.82) is 0 Å². The van der Waals surface area contributed by atoms with Crippen LogP contribution in [0, 0.1) is 5.92 Å². The van der Waals surface area contributed by atoms with Crippen LogP contribution >= 0.6 is 0 Å². The van der Waals surface area contributed by atoms with Gasteiger partial charge in [-0.2, -0.15) is 0 Å². The van der Waals surface area contributed by atoms with Crippen molar-refractivity contribution >= 4 is 5.91 Å². The van der Waals surface area contributed by atoms with E-state index in [0.717, 1.165) is 32.0 Å². The van der Waals surface area contributed by atoms with E-state index in [1.165, 1.54) is 12.8 Å². The van der Waals surface area contributed by atoms with Gasteiger partial charge in [0, 0.05) is 19.1 Å². The molecule has 0 saturated carbocycles. The van der Waals surface area contributed by atoms with Gasteiger partial charge in [0.05, 0.1) is 5.54 Å². The quantitative estimate of drug-likeness (QED) is 0.753. The molecule has 0 aromatic heterocycles. The van der Waals surface area contributed by atoms with Crippen LogP contribution in [0.15, 0.2) is 0 Å². The first-order valence-electron chi connectivity index (χ1n) is 7.18. The van der Waals surface area contributed by atoms with Crippen LogP contribution in [0.4, 0.5) is 0 Å². The van der Waals surface area contributed by atoms with E-state index in [4.69, 9.17) is 5.73 Å². The highest BCUT2D eigenvalue weighted by Gasteiger charge is 2.32. The van der Waals surface area contributed by atoms with Crippen molar-refractivity contribution in [3.05, 3.63) is 0 Å². The molecule has 1 saturated heterocycles. The Labute approximate surface area is 111 Å². The Hall–Kier alpha value is -0.610. The summed E-state index contributed by atoms with van der Waals surface area (Å²) in [5.41, 5.74) is 4.94. The normalized spacial score (nSPS) is 28.9. The highest BCUT2D eigenvalue weighted by atomic mass is 16.1. The van der Waals surface area contributed by atoms with E-state index < -0.39 is 5.54 Å². The van der Waals surface area contributed by atoms with Crippen molar-refractivity contribution < 1.29 is 4.79 Å². The zero-order valence-corrected chi connectivity index (χ0v) is 12.3. The Morgan fingerprint density at radius 2 is 2.11 bits per heavy atom. The van der Waals surface area contributed by atoms with Gasteiger partial charge in [-0.15, -0.1) is 0 Å². The average molecular weight is 255 g/mol. The van der Waals surface area contributed by atoms with Gasteiger partial charge >= 0.3 is 0 Å². The van der Waals surface area contributed by atoms with E-state index in [0.29, 0.717) is 6.04 Å². The van der Waals surface area contributed by atoms with E-state index in [1.54, 1.807) is 0 Å². The second-order valence-corrected chi connectivity index (χ2v) is 6.00. The Balaban J connectivity index is 2.53. The van der Waals surface area contributed by atoms with Gasteiger partial charge in [0.1, 0.15) is 0 Å². The first-order chi connectivity index (χ1) is 8.39. The molecule has 1 rings (SSSR count). The Morgan fingerprint density at radius 3 is 2.67 bits per heavy atom. The van der Waals surface area contributed by atoms with Crippen LogP contribution in [0.25, 0.3) is 0 Å². The van der Waals surface area contributed by atoms with Gasteiger partial charge < -0.3 is 16.0 Å². The van der Waals surface area contributed by atoms with Gasteiger partial charge in [-0.1, -0.05) is 13.8 Å². The van der Waals surface area contributed by atoms with Crippen LogP contribution < -0.4 is 11.1 Å². The van der Waals surface area contributed by atoms with Gasteiger partial charge in [-0.3, -0.25) is 4.79 Å². The standard InChI is InChI=1S/C14H29N3O/c1-5-16-14(4,13(15)18)8-9-17-10-11(2)6-7-12(17)3/h11-12,16H,5-10H2,1-4H3,(H2,15,18). The number of hydrogen-bond acceptors (Lipinski definition) is 3. The number of nitrogens with one attached hydrogen (secondary N) is 1. The molecule has 1 amide bonds. The van der Waals surface area contributed by atoms with Crippen LogP contribution in [0.5, 0.6) is 0 Å². The smallest absolute Gasteiger partial charge is 0.237 e. The predicted molar refractivity (Wildman–Crippen MR) is 75.3 cm³/mol. The van der Waals surface area contributed by atoms with E-state index in [1.807, 2.05) is 13.8 Å². The molecule has 0 spiro atoms. The lowest BCUT2D eigenvalue weighted by atomic mass is 9.92. The molecule has 3 atom stereocenters. The van der Waals surface area contributed by atoms with E-state index in [-0.39, 0.29) is 5.91 Å². The number of likely N-dealkylation sites (tertiary alicyclic amines) is 1. The molecule has 1 aliphatic rings. The third-order valence-electron chi connectivity index (χ3n) is 4.26. The summed E-state index contributed by atoms with van der Waals surface area (Å²) in [7, 11) is 0. The third-order valence-corrected chi connectivity index (χ3v) is 4.26. The number of likely N-dealkylation sites (N-methyl/N-ethyl adjacent to an activating group) is 1. The molecule has 18 heavy (non-hydrogen) atoms. The lowest BCUT2D eigenvalue weighted by Gasteiger charge is -2.39. The SMILES string of the molecule is CCNC(C)(CCN1CC(C)CCC1C)C(N)=O. The van der Waals surface area contributed by atoms with E-state index in [2.05, 4.69) is 24.1 Å². The van der Waals surface area contributed by atoms with Crippen molar-refractivity contribution in [1.82, 2.24) is 10.2 Å². The summed E-state index contributed by atoms with van der Waals surface area (Å²) in [6, 6.07) is 0.625. The average Bonchev–Trinajstić information content (AvgIpc) is 2.30. The molecule has 106 valence electrons. The Morgan fingerprint density at radius 1 is 1.44 bits per heavy atom. The van der Waals surface area contributed by atoms with Gasteiger partial charge in [0.15, 0.2) is 0 Å². The molecular weight excluding hydrogens is 226 g/mol. The van der Waals surface area contributed by atoms with Crippen molar-refractivity contribution in [2.75, 3.05) is 19.6 Å². The van der Waals surface area contributed by atoms with Crippen molar-refractivity contribution in [2.45, 2.75) is 58.5 Å². The molecule has 0 aromatic rings. The summed E-state index contributed by atoms with van der Waals surface area (Å²) in [6.07, 6.45) is 3.36. The van der Waals surface area contributed by atoms with Gasteiger partial charge in [-0.25, -0.2) is 0 Å². The monoisotopic (exact) mass is 255 g/mol. The van der Waals surface area contributed by atoms with Gasteiger partial charge in [0.2, 0.25) is 5.91 Å². The molecule has 1 aliphatic heterocycles. The number of piperidine rings is 1. The second-order valence-electron chi connectivity index (χ2n) is 6.00. The second kappa shape index (κ2) is 6.53. The summed E-state index contributed by atoms with van der Waals surface area (Å²) in [5, 5.41) is 3.22. The largest absolute Gasteiger partial charge is 0.368 e. The minimum Gasteiger partial charge on any atom is -0.368 e. The number of hydrogen-bond donors (Lipinski definition) is 2. The number of carbonyl (C=O) groups excluding carboxylic acids is 1. The number of nitrogens with zero attached hydrogens (tertiary/aromatic N) is 1. The maximum atomic E-state index is 11.6. The first kappa shape index (κ1) is 15.4. The fraction of sp³-hybridized carbons (Fsp3) is 0.929. The molecule has 0 aromatic carbocycles. The summed E-state index contributed by atoms with van der Waals surface area (Å²) in [5.74, 6) is 0.516. The van der Waals surface area contributed by atoms with Crippen molar-refractivity contribution in [2.24, 2.45) is 11.7 Å². The van der Waals surface area contributed by atoms with E-state index in [9.17, 15) is 4.79 Å². The highest BCUT2D eigenvalue weighted by molar-refractivity contribution is 5.84. The molecule has 3 N–H and O–H groups in total. The summed E-state index contributed by atoms with van der Waals surface area (Å²) in [6.45, 7) is 11.4. The van der Waals surface area contributed by atoms with Gasteiger partial charge in [-0.05, 0) is 45.6 Å². The highest BCUT2D eigenvalue weighted by Crippen LogP contribution is 2.22. The van der Waals surface area contributed by atoms with Crippen LogP contribution in [-0.4, -0.2) is 42.0 Å². The van der Waals surface area contributed by atoms with Gasteiger partial charge in [0.25, 0.3) is 0 Å². The Kier molecular flexibility index (Phi) is 5.60. The van der Waals surface area contributed by atoms with Crippen LogP contribution in [-0.2, 0) is 4.79 Å². The molecular formula is C14H29N3O. The minimum absolute atomic E-state index is 0.248. The lowest BCUT2D eigenvalue weighted by molar-refractivity contribution is -0.124. The molecule has 0 aliphatic carbocycles.